The molecule has 0 aliphatic carbocycles. The second-order valence-electron chi connectivity index (χ2n) is 9.85. The monoisotopic (exact) mass is 500 g/mol. The number of ether oxygens (including phenoxy) is 1. The fraction of sp³-hybridized carbons (Fsp3) is 1.00. The molecule has 9 heteroatoms. The van der Waals surface area contributed by atoms with Crippen LogP contribution in [0.4, 0.5) is 0 Å². The Morgan fingerprint density at radius 2 is 1.18 bits per heavy atom. The van der Waals surface area contributed by atoms with E-state index in [-0.39, 0.29) is 19.8 Å². The summed E-state index contributed by atoms with van der Waals surface area (Å²) >= 11 is 0. The van der Waals surface area contributed by atoms with E-state index in [4.69, 9.17) is 24.7 Å². The van der Waals surface area contributed by atoms with E-state index < -0.39 is 13.9 Å². The van der Waals surface area contributed by atoms with Gasteiger partial charge in [-0.25, -0.2) is 4.57 Å². The topological polar surface area (TPSA) is 116 Å². The zero-order valence-corrected chi connectivity index (χ0v) is 22.8. The maximum absolute atomic E-state index is 10.2. The number of hydrogen-bond acceptors (Lipinski definition) is 5. The summed E-state index contributed by atoms with van der Waals surface area (Å²) in [4.78, 5) is 16.6. The van der Waals surface area contributed by atoms with Crippen LogP contribution in [0.2, 0.25) is 0 Å². The normalized spacial score (nSPS) is 13.0. The molecule has 0 aliphatic heterocycles. The average molecular weight is 501 g/mol. The number of hydrogen-bond donors (Lipinski definition) is 4. The molecule has 1 unspecified atom stereocenters. The van der Waals surface area contributed by atoms with Crippen molar-refractivity contribution in [3.05, 3.63) is 0 Å². The smallest absolute Gasteiger partial charge is 0.394 e. The number of quaternary nitrogens is 1. The summed E-state index contributed by atoms with van der Waals surface area (Å²) in [6.07, 6.45) is 18.3. The van der Waals surface area contributed by atoms with E-state index in [1.54, 1.807) is 0 Å². The highest BCUT2D eigenvalue weighted by Gasteiger charge is 2.16. The van der Waals surface area contributed by atoms with Gasteiger partial charge in [-0.1, -0.05) is 90.4 Å². The number of phosphoric ester groups is 1. The minimum Gasteiger partial charge on any atom is -0.394 e. The average Bonchev–Trinajstić information content (AvgIpc) is 2.71. The van der Waals surface area contributed by atoms with E-state index in [0.717, 1.165) is 6.42 Å². The van der Waals surface area contributed by atoms with Crippen LogP contribution in [0.5, 0.6) is 0 Å². The Morgan fingerprint density at radius 3 is 1.55 bits per heavy atom. The molecule has 0 saturated carbocycles. The quantitative estimate of drug-likeness (QED) is 0.0972. The lowest BCUT2D eigenvalue weighted by Crippen LogP contribution is -2.37. The fourth-order valence-corrected chi connectivity index (χ4v) is 3.42. The predicted molar refractivity (Wildman–Crippen MR) is 135 cm³/mol. The van der Waals surface area contributed by atoms with Crippen molar-refractivity contribution >= 4 is 7.82 Å². The molecule has 0 saturated heterocycles. The summed E-state index contributed by atoms with van der Waals surface area (Å²) in [5.41, 5.74) is 0. The van der Waals surface area contributed by atoms with Crippen molar-refractivity contribution in [2.24, 2.45) is 0 Å². The third-order valence-electron chi connectivity index (χ3n) is 5.18. The molecule has 0 aromatic heterocycles. The van der Waals surface area contributed by atoms with E-state index in [2.05, 4.69) is 11.4 Å². The molecule has 0 bridgehead atoms. The number of aliphatic hydroxyl groups excluding tert-OH is 2. The van der Waals surface area contributed by atoms with E-state index >= 15 is 0 Å². The van der Waals surface area contributed by atoms with Crippen molar-refractivity contribution in [2.45, 2.75) is 103 Å². The minimum atomic E-state index is -4.26. The van der Waals surface area contributed by atoms with Crippen molar-refractivity contribution in [2.75, 3.05) is 54.1 Å². The largest absolute Gasteiger partial charge is 0.469 e. The molecular weight excluding hydrogens is 445 g/mol. The van der Waals surface area contributed by atoms with E-state index in [1.807, 2.05) is 21.1 Å². The highest BCUT2D eigenvalue weighted by atomic mass is 31.2. The first-order chi connectivity index (χ1) is 15.5. The number of unbranched alkanes of at least 4 members (excludes halogenated alkanes) is 13. The van der Waals surface area contributed by atoms with Crippen LogP contribution in [0.1, 0.15) is 96.8 Å². The van der Waals surface area contributed by atoms with Crippen LogP contribution in [0.25, 0.3) is 0 Å². The predicted octanol–water partition coefficient (Wildman–Crippen LogP) is 4.64. The molecule has 33 heavy (non-hydrogen) atoms. The molecule has 0 radical (unpaired) electrons. The Labute approximate surface area is 203 Å². The lowest BCUT2D eigenvalue weighted by molar-refractivity contribution is -0.870. The van der Waals surface area contributed by atoms with Crippen LogP contribution in [0.3, 0.4) is 0 Å². The maximum Gasteiger partial charge on any atom is 0.469 e. The third-order valence-corrected chi connectivity index (χ3v) is 5.70. The summed E-state index contributed by atoms with van der Waals surface area (Å²) < 4.78 is 20.3. The maximum atomic E-state index is 10.2. The summed E-state index contributed by atoms with van der Waals surface area (Å²) in [6.45, 7) is 3.68. The van der Waals surface area contributed by atoms with Gasteiger partial charge in [-0.2, -0.15) is 0 Å². The molecule has 1 atom stereocenters. The highest BCUT2D eigenvalue weighted by molar-refractivity contribution is 7.46. The first-order valence-corrected chi connectivity index (χ1v) is 14.4. The van der Waals surface area contributed by atoms with Gasteiger partial charge in [0.2, 0.25) is 0 Å². The van der Waals surface area contributed by atoms with Crippen LogP contribution in [-0.4, -0.2) is 84.7 Å². The molecule has 0 rings (SSSR count). The summed E-state index contributed by atoms with van der Waals surface area (Å²) in [6, 6.07) is 0. The zero-order chi connectivity index (χ0) is 25.4. The molecule has 0 aromatic rings. The second kappa shape index (κ2) is 23.7. The Hall–Kier alpha value is -0.0500. The number of phosphoric acid groups is 1. The van der Waals surface area contributed by atoms with Gasteiger partial charge in [-0.3, -0.25) is 4.52 Å². The molecule has 4 N–H and O–H groups in total. The summed E-state index contributed by atoms with van der Waals surface area (Å²) in [5.74, 6) is 0. The first kappa shape index (κ1) is 35.1. The van der Waals surface area contributed by atoms with Crippen LogP contribution < -0.4 is 0 Å². The van der Waals surface area contributed by atoms with Crippen molar-refractivity contribution in [3.63, 3.8) is 0 Å². The van der Waals surface area contributed by atoms with Crippen molar-refractivity contribution in [1.29, 1.82) is 0 Å². The zero-order valence-electron chi connectivity index (χ0n) is 21.9. The van der Waals surface area contributed by atoms with Gasteiger partial charge in [0.25, 0.3) is 0 Å². The Morgan fingerprint density at radius 1 is 0.758 bits per heavy atom. The molecule has 0 fully saturated rings. The Kier molecular flexibility index (Phi) is 25.2. The summed E-state index contributed by atoms with van der Waals surface area (Å²) in [7, 11) is 1.50. The minimum absolute atomic E-state index is 0.0772. The van der Waals surface area contributed by atoms with Crippen LogP contribution >= 0.6 is 7.82 Å². The standard InChI is InChI=1S/C19H40O3.C5H14NO4P/c1-2-3-4-5-6-7-8-9-10-11-12-13-14-15-16-22-18-19(21)17-20;1-6(2,3)4-5-10-11(7,8)9/h19-21H,2-18H2,1H3;4-5H2,1-3H3,(H-,7,8,9)/p+1. The molecule has 8 nitrogen and oxygen atoms in total. The van der Waals surface area contributed by atoms with Gasteiger partial charge >= 0.3 is 7.82 Å². The Bertz CT molecular complexity index is 441. The number of likely N-dealkylation sites (N-methyl/N-ethyl adjacent to an activating group) is 1. The van der Waals surface area contributed by atoms with Crippen molar-refractivity contribution in [1.82, 2.24) is 0 Å². The van der Waals surface area contributed by atoms with Gasteiger partial charge in [0, 0.05) is 6.61 Å². The van der Waals surface area contributed by atoms with Crippen LogP contribution in [0.15, 0.2) is 0 Å². The first-order valence-electron chi connectivity index (χ1n) is 12.9. The van der Waals surface area contributed by atoms with Crippen LogP contribution in [0, 0.1) is 0 Å². The number of nitrogens with zero attached hydrogens (tertiary/aromatic N) is 1. The molecular formula is C24H55NO7P+. The lowest BCUT2D eigenvalue weighted by atomic mass is 10.0. The molecule has 0 aliphatic rings. The van der Waals surface area contributed by atoms with Crippen LogP contribution in [-0.2, 0) is 13.8 Å². The fourth-order valence-electron chi connectivity index (χ4n) is 3.10. The second-order valence-corrected chi connectivity index (χ2v) is 11.1. The van der Waals surface area contributed by atoms with Crippen molar-refractivity contribution < 1.29 is 38.3 Å². The summed E-state index contributed by atoms with van der Waals surface area (Å²) in [5, 5.41) is 17.7. The molecule has 0 amide bonds. The van der Waals surface area contributed by atoms with E-state index in [1.165, 1.54) is 83.5 Å². The lowest BCUT2D eigenvalue weighted by Gasteiger charge is -2.23. The Balaban J connectivity index is 0. The SMILES string of the molecule is CCCCCCCCCCCCCCCCOCC(O)CO.C[N+](C)(C)CCOP(=O)(O)O. The molecule has 202 valence electrons. The van der Waals surface area contributed by atoms with Gasteiger partial charge in [0.15, 0.2) is 0 Å². The number of rotatable bonds is 22. The third kappa shape index (κ3) is 36.7. The van der Waals surface area contributed by atoms with E-state index in [9.17, 15) is 4.57 Å². The number of aliphatic hydroxyl groups is 2. The van der Waals surface area contributed by atoms with Gasteiger partial charge in [0.1, 0.15) is 19.3 Å². The van der Waals surface area contributed by atoms with Gasteiger partial charge in [0.05, 0.1) is 34.4 Å². The van der Waals surface area contributed by atoms with E-state index in [0.29, 0.717) is 17.6 Å². The van der Waals surface area contributed by atoms with Gasteiger partial charge < -0.3 is 29.2 Å². The van der Waals surface area contributed by atoms with Gasteiger partial charge in [-0.05, 0) is 6.42 Å². The highest BCUT2D eigenvalue weighted by Crippen LogP contribution is 2.35. The van der Waals surface area contributed by atoms with Crippen molar-refractivity contribution in [3.8, 4) is 0 Å². The van der Waals surface area contributed by atoms with Gasteiger partial charge in [-0.15, -0.1) is 0 Å². The molecule has 0 aromatic carbocycles. The molecule has 0 spiro atoms. The molecule has 0 heterocycles.